The van der Waals surface area contributed by atoms with Gasteiger partial charge in [0, 0.05) is 34.3 Å². The summed E-state index contributed by atoms with van der Waals surface area (Å²) in [7, 11) is 0. The van der Waals surface area contributed by atoms with E-state index >= 15 is 0 Å². The lowest BCUT2D eigenvalue weighted by Gasteiger charge is -2.31. The third kappa shape index (κ3) is 6.01. The molecular weight excluding hydrogens is 650 g/mol. The number of pyridine rings is 2. The van der Waals surface area contributed by atoms with Crippen LogP contribution in [0.25, 0.3) is 22.2 Å². The first-order valence-corrected chi connectivity index (χ1v) is 14.6. The second kappa shape index (κ2) is 12.0. The molecule has 5 aromatic rings. The Morgan fingerprint density at radius 1 is 1.06 bits per heavy atom. The summed E-state index contributed by atoms with van der Waals surface area (Å²) >= 11 is 0. The second-order valence-electron chi connectivity index (χ2n) is 11.8. The zero-order valence-electron chi connectivity index (χ0n) is 25.8. The number of aromatic nitrogens is 4. The van der Waals surface area contributed by atoms with Gasteiger partial charge in [-0.05, 0) is 74.0 Å². The Balaban J connectivity index is 1.40. The molecule has 252 valence electrons. The summed E-state index contributed by atoms with van der Waals surface area (Å²) in [4.78, 5) is 34.5. The average molecular weight is 678 g/mol. The zero-order chi connectivity index (χ0) is 35.3. The maximum Gasteiger partial charge on any atom is 0.424 e. The molecule has 2 atom stereocenters. The third-order valence-electron chi connectivity index (χ3n) is 8.23. The molecule has 0 saturated carbocycles. The van der Waals surface area contributed by atoms with Gasteiger partial charge >= 0.3 is 6.18 Å². The molecule has 0 radical (unpaired) electrons. The van der Waals surface area contributed by atoms with Crippen molar-refractivity contribution in [1.29, 1.82) is 0 Å². The van der Waals surface area contributed by atoms with Crippen molar-refractivity contribution >= 4 is 34.2 Å². The van der Waals surface area contributed by atoms with E-state index < -0.39 is 47.1 Å². The van der Waals surface area contributed by atoms with Gasteiger partial charge in [0.2, 0.25) is 17.4 Å². The molecule has 49 heavy (non-hydrogen) atoms. The predicted molar refractivity (Wildman–Crippen MR) is 167 cm³/mol. The van der Waals surface area contributed by atoms with E-state index in [1.807, 2.05) is 0 Å². The number of aryl methyl sites for hydroxylation is 1. The third-order valence-corrected chi connectivity index (χ3v) is 8.23. The molecule has 1 aliphatic rings. The molecule has 6 N–H and O–H groups in total. The van der Waals surface area contributed by atoms with Gasteiger partial charge in [-0.3, -0.25) is 14.6 Å². The number of hydrogen-bond acceptors (Lipinski definition) is 10. The number of nitrogens with zero attached hydrogens (tertiary/aromatic N) is 4. The number of aliphatic hydroxyl groups is 1. The molecule has 0 aliphatic carbocycles. The van der Waals surface area contributed by atoms with Crippen molar-refractivity contribution in [2.75, 3.05) is 18.5 Å². The van der Waals surface area contributed by atoms with Gasteiger partial charge in [-0.15, -0.1) is 10.2 Å². The van der Waals surface area contributed by atoms with Gasteiger partial charge in [-0.2, -0.15) is 13.2 Å². The lowest BCUT2D eigenvalue weighted by atomic mass is 9.81. The molecule has 16 heteroatoms. The highest BCUT2D eigenvalue weighted by molar-refractivity contribution is 6.03. The number of ether oxygens (including phenoxy) is 1. The topological polar surface area (TPSA) is 185 Å². The molecule has 6 rings (SSSR count). The van der Waals surface area contributed by atoms with Crippen molar-refractivity contribution in [2.24, 2.45) is 5.73 Å². The van der Waals surface area contributed by atoms with Crippen molar-refractivity contribution in [3.8, 4) is 22.9 Å². The van der Waals surface area contributed by atoms with Crippen LogP contribution >= 0.6 is 0 Å². The number of rotatable bonds is 8. The SMILES string of the molecule is Cc1cnc2c(Nc3ccc(O)nn3)cc(C(=O)NCC(O)(c3cc4c(c(-c5ccc(F)cc5)n3)OC[C@]4(C)C(N)=O)C(F)(F)F)cc2c1. The van der Waals surface area contributed by atoms with E-state index in [2.05, 4.69) is 30.8 Å². The van der Waals surface area contributed by atoms with Crippen LogP contribution in [-0.2, 0) is 15.8 Å². The van der Waals surface area contributed by atoms with Gasteiger partial charge in [0.1, 0.15) is 29.3 Å². The van der Waals surface area contributed by atoms with Crippen molar-refractivity contribution in [3.05, 3.63) is 95.1 Å². The molecular formula is C33H27F4N7O5. The molecule has 0 spiro atoms. The fourth-order valence-electron chi connectivity index (χ4n) is 5.37. The molecule has 2 aromatic carbocycles. The van der Waals surface area contributed by atoms with Crippen LogP contribution in [0.3, 0.4) is 0 Å². The molecule has 3 aromatic heterocycles. The quantitative estimate of drug-likeness (QED) is 0.148. The van der Waals surface area contributed by atoms with Gasteiger partial charge in [0.15, 0.2) is 5.82 Å². The maximum atomic E-state index is 14.9. The number of nitrogens with two attached hydrogens (primary N) is 1. The first kappa shape index (κ1) is 33.0. The molecule has 2 amide bonds. The maximum absolute atomic E-state index is 14.9. The van der Waals surface area contributed by atoms with Crippen LogP contribution in [0.15, 0.2) is 66.9 Å². The summed E-state index contributed by atoms with van der Waals surface area (Å²) in [6.45, 7) is 1.42. The first-order valence-electron chi connectivity index (χ1n) is 14.6. The van der Waals surface area contributed by atoms with Gasteiger partial charge in [-0.25, -0.2) is 9.37 Å². The van der Waals surface area contributed by atoms with E-state index in [9.17, 15) is 37.4 Å². The highest BCUT2D eigenvalue weighted by Crippen LogP contribution is 2.47. The molecule has 4 heterocycles. The summed E-state index contributed by atoms with van der Waals surface area (Å²) < 4.78 is 64.0. The number of nitrogens with one attached hydrogen (secondary N) is 2. The summed E-state index contributed by atoms with van der Waals surface area (Å²) in [5, 5.41) is 33.8. The van der Waals surface area contributed by atoms with Crippen LogP contribution in [0, 0.1) is 12.7 Å². The Morgan fingerprint density at radius 3 is 2.45 bits per heavy atom. The largest absolute Gasteiger partial charge is 0.492 e. The molecule has 0 fully saturated rings. The van der Waals surface area contributed by atoms with Gasteiger partial charge in [0.05, 0.1) is 23.4 Å². The second-order valence-corrected chi connectivity index (χ2v) is 11.8. The van der Waals surface area contributed by atoms with Crippen LogP contribution < -0.4 is 21.1 Å². The number of hydrogen-bond donors (Lipinski definition) is 5. The Kier molecular flexibility index (Phi) is 8.06. The van der Waals surface area contributed by atoms with Crippen LogP contribution in [-0.4, -0.2) is 61.5 Å². The van der Waals surface area contributed by atoms with E-state index in [0.717, 1.165) is 23.8 Å². The molecule has 0 bridgehead atoms. The highest BCUT2D eigenvalue weighted by Gasteiger charge is 2.57. The normalized spacial score (nSPS) is 16.8. The molecule has 1 unspecified atom stereocenters. The Hall–Kier alpha value is -5.90. The standard InChI is InChI=1S/C33H27F4N7O5/c1-16-9-18-10-19(11-22(26(18)39-13-16)41-24-7-8-25(45)44-43-24)29(46)40-14-32(48,33(35,36)37)23-12-21-28(49-15-31(21,2)30(38)47)27(42-23)17-3-5-20(34)6-4-17/h3-13,48H,14-15H2,1-2H3,(H2,38,47)(H,40,46)(H,41,43)(H,44,45)/t31-,32?/m0/s1. The number of amides is 2. The summed E-state index contributed by atoms with van der Waals surface area (Å²) in [6.07, 6.45) is -3.82. The van der Waals surface area contributed by atoms with E-state index in [1.54, 1.807) is 19.2 Å². The average Bonchev–Trinajstić information content (AvgIpc) is 3.41. The van der Waals surface area contributed by atoms with Crippen molar-refractivity contribution in [2.45, 2.75) is 31.0 Å². The predicted octanol–water partition coefficient (Wildman–Crippen LogP) is 4.30. The number of primary amides is 1. The Bertz CT molecular complexity index is 2110. The summed E-state index contributed by atoms with van der Waals surface area (Å²) in [5.74, 6) is -2.72. The van der Waals surface area contributed by atoms with Crippen molar-refractivity contribution in [3.63, 3.8) is 0 Å². The lowest BCUT2D eigenvalue weighted by molar-refractivity contribution is -0.265. The molecule has 1 aliphatic heterocycles. The van der Waals surface area contributed by atoms with Crippen LogP contribution in [0.5, 0.6) is 11.6 Å². The smallest absolute Gasteiger partial charge is 0.424 e. The fourth-order valence-corrected chi connectivity index (χ4v) is 5.37. The van der Waals surface area contributed by atoms with Crippen LogP contribution in [0.4, 0.5) is 29.1 Å². The number of anilines is 2. The number of halogens is 4. The Labute approximate surface area is 275 Å². The minimum atomic E-state index is -5.40. The van der Waals surface area contributed by atoms with Crippen LogP contribution in [0.1, 0.15) is 34.1 Å². The van der Waals surface area contributed by atoms with Crippen LogP contribution in [0.2, 0.25) is 0 Å². The van der Waals surface area contributed by atoms with E-state index in [-0.39, 0.29) is 52.1 Å². The highest BCUT2D eigenvalue weighted by atomic mass is 19.4. The van der Waals surface area contributed by atoms with E-state index in [0.29, 0.717) is 10.9 Å². The number of fused-ring (bicyclic) bond motifs is 2. The number of carbonyl (C=O) groups is 2. The minimum Gasteiger partial charge on any atom is -0.492 e. The Morgan fingerprint density at radius 2 is 1.80 bits per heavy atom. The van der Waals surface area contributed by atoms with E-state index in [4.69, 9.17) is 10.5 Å². The summed E-state index contributed by atoms with van der Waals surface area (Å²) in [5.41, 5.74) is 0.452. The number of carbonyl (C=O) groups excluding carboxylic acids is 2. The van der Waals surface area contributed by atoms with Gasteiger partial charge in [-0.1, -0.05) is 0 Å². The summed E-state index contributed by atoms with van der Waals surface area (Å²) in [6, 6.07) is 12.7. The monoisotopic (exact) mass is 677 g/mol. The number of benzene rings is 2. The van der Waals surface area contributed by atoms with Crippen molar-refractivity contribution in [1.82, 2.24) is 25.5 Å². The number of aromatic hydroxyl groups is 1. The van der Waals surface area contributed by atoms with Gasteiger partial charge in [0.25, 0.3) is 5.91 Å². The number of alkyl halides is 3. The first-order chi connectivity index (χ1) is 23.1. The molecule has 0 saturated heterocycles. The minimum absolute atomic E-state index is 0.0522. The lowest BCUT2D eigenvalue weighted by Crippen LogP contribution is -2.51. The van der Waals surface area contributed by atoms with Gasteiger partial charge < -0.3 is 31.3 Å². The van der Waals surface area contributed by atoms with E-state index in [1.165, 1.54) is 43.3 Å². The fraction of sp³-hybridized carbons (Fsp3) is 0.212. The molecule has 12 nitrogen and oxygen atoms in total. The van der Waals surface area contributed by atoms with Crippen molar-refractivity contribution < 1.29 is 42.1 Å². The zero-order valence-corrected chi connectivity index (χ0v) is 25.8.